The first-order valence-corrected chi connectivity index (χ1v) is 15.5. The summed E-state index contributed by atoms with van der Waals surface area (Å²) < 4.78 is 11.3. The molecule has 6 heteroatoms. The first-order valence-electron chi connectivity index (χ1n) is 15.5. The number of carbonyl (C=O) groups is 4. The van der Waals surface area contributed by atoms with Gasteiger partial charge in [0.25, 0.3) is 0 Å². The minimum atomic E-state index is -0.519. The van der Waals surface area contributed by atoms with Crippen molar-refractivity contribution in [3.63, 3.8) is 0 Å². The Hall–Kier alpha value is -2.34. The van der Waals surface area contributed by atoms with Gasteiger partial charge < -0.3 is 9.47 Å². The standard InChI is InChI=1S/C34H44O6/c1-20(8-11-31(38)40-19-39-25-14-21-6-4-5-7-22(21)15-25)26-9-10-27-32-28(18-30(37)34(26,27)3)33(2)13-12-24(35)16-23(33)17-29(32)36/h4-7,20,23,25-28,32H,8-19H2,1-3H3. The average Bonchev–Trinajstić information content (AvgIpc) is 3.50. The molecule has 0 N–H and O–H groups in total. The topological polar surface area (TPSA) is 86.7 Å². The van der Waals surface area contributed by atoms with Crippen molar-refractivity contribution in [1.29, 1.82) is 0 Å². The third kappa shape index (κ3) is 4.59. The van der Waals surface area contributed by atoms with Gasteiger partial charge in [-0.3, -0.25) is 19.2 Å². The summed E-state index contributed by atoms with van der Waals surface area (Å²) in [6.45, 7) is 6.50. The quantitative estimate of drug-likeness (QED) is 0.322. The summed E-state index contributed by atoms with van der Waals surface area (Å²) in [5.41, 5.74) is 1.99. The Morgan fingerprint density at radius 2 is 1.70 bits per heavy atom. The lowest BCUT2D eigenvalue weighted by Gasteiger charge is -2.58. The maximum atomic E-state index is 14.0. The fourth-order valence-corrected chi connectivity index (χ4v) is 9.84. The number of ketones is 3. The van der Waals surface area contributed by atoms with E-state index in [2.05, 4.69) is 32.9 Å². The molecule has 0 heterocycles. The zero-order chi connectivity index (χ0) is 28.2. The monoisotopic (exact) mass is 548 g/mol. The third-order valence-corrected chi connectivity index (χ3v) is 12.2. The Bertz CT molecular complexity index is 1180. The lowest BCUT2D eigenvalue weighted by atomic mass is 9.44. The van der Waals surface area contributed by atoms with Crippen molar-refractivity contribution in [2.24, 2.45) is 46.3 Å². The van der Waals surface area contributed by atoms with Crippen LogP contribution in [0.2, 0.25) is 0 Å². The van der Waals surface area contributed by atoms with E-state index < -0.39 is 5.41 Å². The summed E-state index contributed by atoms with van der Waals surface area (Å²) in [5, 5.41) is 0. The van der Waals surface area contributed by atoms with Crippen LogP contribution in [-0.2, 0) is 41.5 Å². The fraction of sp³-hybridized carbons (Fsp3) is 0.706. The van der Waals surface area contributed by atoms with Gasteiger partial charge in [0.15, 0.2) is 6.79 Å². The summed E-state index contributed by atoms with van der Waals surface area (Å²) in [6, 6.07) is 8.32. The van der Waals surface area contributed by atoms with Crippen LogP contribution in [0.15, 0.2) is 24.3 Å². The van der Waals surface area contributed by atoms with E-state index in [1.54, 1.807) is 0 Å². The van der Waals surface area contributed by atoms with Crippen molar-refractivity contribution in [2.45, 2.75) is 97.5 Å². The van der Waals surface area contributed by atoms with Crippen LogP contribution in [0.5, 0.6) is 0 Å². The number of esters is 1. The van der Waals surface area contributed by atoms with Crippen molar-refractivity contribution in [2.75, 3.05) is 6.79 Å². The molecule has 0 aliphatic heterocycles. The molecule has 40 heavy (non-hydrogen) atoms. The molecule has 6 rings (SSSR count). The van der Waals surface area contributed by atoms with Crippen LogP contribution in [0.4, 0.5) is 0 Å². The van der Waals surface area contributed by atoms with E-state index in [9.17, 15) is 19.2 Å². The van der Waals surface area contributed by atoms with Crippen molar-refractivity contribution < 1.29 is 28.7 Å². The Kier molecular flexibility index (Phi) is 7.29. The van der Waals surface area contributed by atoms with Gasteiger partial charge in [0.05, 0.1) is 6.10 Å². The van der Waals surface area contributed by atoms with Crippen LogP contribution in [0.1, 0.15) is 89.7 Å². The van der Waals surface area contributed by atoms with Gasteiger partial charge in [0.2, 0.25) is 0 Å². The maximum Gasteiger partial charge on any atom is 0.307 e. The van der Waals surface area contributed by atoms with E-state index in [-0.39, 0.29) is 71.4 Å². The Morgan fingerprint density at radius 3 is 2.42 bits per heavy atom. The molecule has 6 nitrogen and oxygen atoms in total. The lowest BCUT2D eigenvalue weighted by Crippen LogP contribution is -2.60. The lowest BCUT2D eigenvalue weighted by molar-refractivity contribution is -0.166. The number of fused-ring (bicyclic) bond motifs is 6. The molecule has 4 saturated carbocycles. The van der Waals surface area contributed by atoms with E-state index >= 15 is 0 Å². The number of Topliss-reactive ketones (excluding diaryl/α,β-unsaturated/α-hetero) is 3. The van der Waals surface area contributed by atoms with Crippen molar-refractivity contribution in [3.8, 4) is 0 Å². The Balaban J connectivity index is 1.04. The van der Waals surface area contributed by atoms with E-state index in [1.807, 2.05) is 12.1 Å². The molecule has 8 unspecified atom stereocenters. The van der Waals surface area contributed by atoms with E-state index in [0.717, 1.165) is 32.1 Å². The molecule has 0 saturated heterocycles. The number of carbonyl (C=O) groups excluding carboxylic acids is 4. The van der Waals surface area contributed by atoms with Gasteiger partial charge in [-0.2, -0.15) is 0 Å². The zero-order valence-electron chi connectivity index (χ0n) is 24.3. The highest BCUT2D eigenvalue weighted by Crippen LogP contribution is 2.66. The van der Waals surface area contributed by atoms with Gasteiger partial charge >= 0.3 is 5.97 Å². The van der Waals surface area contributed by atoms with Crippen molar-refractivity contribution >= 4 is 23.3 Å². The summed E-state index contributed by atoms with van der Waals surface area (Å²) in [5.74, 6) is 1.10. The minimum Gasteiger partial charge on any atom is -0.438 e. The van der Waals surface area contributed by atoms with Crippen LogP contribution >= 0.6 is 0 Å². The SMILES string of the molecule is CC(CCC(=O)OCOC1Cc2ccccc2C1)C1CCC2C3C(=O)CC4CC(=O)CCC4(C)C3CC(=O)C12C. The average molecular weight is 549 g/mol. The summed E-state index contributed by atoms with van der Waals surface area (Å²) in [6.07, 6.45) is 7.37. The molecule has 4 fully saturated rings. The molecule has 5 aliphatic rings. The number of hydrogen-bond donors (Lipinski definition) is 0. The second kappa shape index (κ2) is 10.5. The second-order valence-electron chi connectivity index (χ2n) is 14.1. The van der Waals surface area contributed by atoms with Crippen LogP contribution in [-0.4, -0.2) is 36.2 Å². The highest BCUT2D eigenvalue weighted by atomic mass is 16.7. The molecule has 8 atom stereocenters. The highest BCUT2D eigenvalue weighted by Gasteiger charge is 2.66. The molecule has 0 amide bonds. The van der Waals surface area contributed by atoms with Gasteiger partial charge in [-0.1, -0.05) is 45.0 Å². The zero-order valence-corrected chi connectivity index (χ0v) is 24.3. The number of ether oxygens (including phenoxy) is 2. The molecule has 5 aliphatic carbocycles. The summed E-state index contributed by atoms with van der Waals surface area (Å²) >= 11 is 0. The van der Waals surface area contributed by atoms with Crippen molar-refractivity contribution in [1.82, 2.24) is 0 Å². The molecule has 0 radical (unpaired) electrons. The molecular formula is C34H44O6. The van der Waals surface area contributed by atoms with E-state index in [4.69, 9.17) is 9.47 Å². The van der Waals surface area contributed by atoms with Crippen molar-refractivity contribution in [3.05, 3.63) is 35.4 Å². The predicted octanol–water partition coefficient (Wildman–Crippen LogP) is 5.67. The molecule has 0 spiro atoms. The third-order valence-electron chi connectivity index (χ3n) is 12.2. The van der Waals surface area contributed by atoms with Crippen LogP contribution < -0.4 is 0 Å². The largest absolute Gasteiger partial charge is 0.438 e. The van der Waals surface area contributed by atoms with Crippen LogP contribution in [0, 0.1) is 46.3 Å². The molecule has 0 aromatic heterocycles. The van der Waals surface area contributed by atoms with E-state index in [0.29, 0.717) is 44.3 Å². The Morgan fingerprint density at radius 1 is 0.975 bits per heavy atom. The van der Waals surface area contributed by atoms with Gasteiger partial charge in [0.1, 0.15) is 17.3 Å². The number of benzene rings is 1. The van der Waals surface area contributed by atoms with Gasteiger partial charge in [0, 0.05) is 43.4 Å². The second-order valence-corrected chi connectivity index (χ2v) is 14.1. The van der Waals surface area contributed by atoms with Crippen LogP contribution in [0.25, 0.3) is 0 Å². The van der Waals surface area contributed by atoms with Gasteiger partial charge in [-0.15, -0.1) is 0 Å². The van der Waals surface area contributed by atoms with Crippen LogP contribution in [0.3, 0.4) is 0 Å². The summed E-state index contributed by atoms with van der Waals surface area (Å²) in [4.78, 5) is 52.3. The minimum absolute atomic E-state index is 0.0237. The molecular weight excluding hydrogens is 504 g/mol. The molecule has 1 aromatic rings. The molecule has 1 aromatic carbocycles. The normalized spacial score (nSPS) is 37.9. The fourth-order valence-electron chi connectivity index (χ4n) is 9.84. The Labute approximate surface area is 237 Å². The first kappa shape index (κ1) is 27.8. The molecule has 0 bridgehead atoms. The maximum absolute atomic E-state index is 14.0. The first-order chi connectivity index (χ1) is 19.1. The smallest absolute Gasteiger partial charge is 0.307 e. The molecule has 216 valence electrons. The summed E-state index contributed by atoms with van der Waals surface area (Å²) in [7, 11) is 0. The number of hydrogen-bond acceptors (Lipinski definition) is 6. The van der Waals surface area contributed by atoms with Gasteiger partial charge in [-0.05, 0) is 84.7 Å². The van der Waals surface area contributed by atoms with Gasteiger partial charge in [-0.25, -0.2) is 0 Å². The highest BCUT2D eigenvalue weighted by molar-refractivity contribution is 5.93. The van der Waals surface area contributed by atoms with E-state index in [1.165, 1.54) is 11.1 Å². The number of rotatable bonds is 7. The predicted molar refractivity (Wildman–Crippen MR) is 149 cm³/mol.